The Kier molecular flexibility index (Phi) is 4.64. The lowest BCUT2D eigenvalue weighted by atomic mass is 9.89. The first-order chi connectivity index (χ1) is 14.1. The SMILES string of the molecule is CN1CCN(c2ccnc(NC3(c4cn(CC5CCCCC5)cn4)CC3)n2)C1=O. The van der Waals surface area contributed by atoms with Gasteiger partial charge in [-0.15, -0.1) is 0 Å². The molecule has 0 unspecified atom stereocenters. The Labute approximate surface area is 171 Å². The van der Waals surface area contributed by atoms with Crippen molar-refractivity contribution in [2.24, 2.45) is 5.92 Å². The molecule has 2 amide bonds. The summed E-state index contributed by atoms with van der Waals surface area (Å²) in [6, 6.07) is 1.78. The van der Waals surface area contributed by atoms with Crippen molar-refractivity contribution < 1.29 is 4.79 Å². The Bertz CT molecular complexity index is 885. The fourth-order valence-corrected chi connectivity index (χ4v) is 4.58. The Morgan fingerprint density at radius 1 is 1.17 bits per heavy atom. The molecule has 5 rings (SSSR count). The average molecular weight is 396 g/mol. The van der Waals surface area contributed by atoms with Gasteiger partial charge >= 0.3 is 6.03 Å². The van der Waals surface area contributed by atoms with E-state index in [2.05, 4.69) is 26.0 Å². The molecule has 29 heavy (non-hydrogen) atoms. The summed E-state index contributed by atoms with van der Waals surface area (Å²) in [5.41, 5.74) is 0.890. The summed E-state index contributed by atoms with van der Waals surface area (Å²) in [7, 11) is 1.81. The first-order valence-electron chi connectivity index (χ1n) is 10.8. The Morgan fingerprint density at radius 3 is 2.72 bits per heavy atom. The van der Waals surface area contributed by atoms with Crippen LogP contribution < -0.4 is 10.2 Å². The number of likely N-dealkylation sites (N-methyl/N-ethyl adjacent to an activating group) is 1. The van der Waals surface area contributed by atoms with Crippen molar-refractivity contribution in [2.75, 3.05) is 30.4 Å². The Morgan fingerprint density at radius 2 is 2.00 bits per heavy atom. The highest BCUT2D eigenvalue weighted by Crippen LogP contribution is 2.47. The van der Waals surface area contributed by atoms with E-state index in [1.807, 2.05) is 13.4 Å². The van der Waals surface area contributed by atoms with Crippen molar-refractivity contribution in [2.45, 2.75) is 57.0 Å². The summed E-state index contributed by atoms with van der Waals surface area (Å²) in [6.45, 7) is 2.44. The zero-order valence-electron chi connectivity index (χ0n) is 17.0. The number of nitrogens with one attached hydrogen (secondary N) is 1. The maximum absolute atomic E-state index is 12.3. The van der Waals surface area contributed by atoms with Gasteiger partial charge < -0.3 is 14.8 Å². The fourth-order valence-electron chi connectivity index (χ4n) is 4.58. The minimum atomic E-state index is -0.178. The number of nitrogens with zero attached hydrogens (tertiary/aromatic N) is 6. The predicted octanol–water partition coefficient (Wildman–Crippen LogP) is 3.23. The minimum absolute atomic E-state index is 0.0164. The van der Waals surface area contributed by atoms with Gasteiger partial charge in [-0.05, 0) is 37.7 Å². The number of amides is 2. The van der Waals surface area contributed by atoms with Crippen LogP contribution in [-0.2, 0) is 12.1 Å². The molecule has 3 fully saturated rings. The lowest BCUT2D eigenvalue weighted by molar-refractivity contribution is 0.229. The second kappa shape index (κ2) is 7.31. The largest absolute Gasteiger partial charge is 0.343 e. The van der Waals surface area contributed by atoms with E-state index in [0.717, 1.165) is 31.0 Å². The standard InChI is InChI=1S/C21H29N7O/c1-26-11-12-28(20(26)29)18-7-10-22-19(24-18)25-21(8-9-21)17-14-27(15-23-17)13-16-5-3-2-4-6-16/h7,10,14-16H,2-6,8-9,11-13H2,1H3,(H,22,24,25). The molecule has 0 radical (unpaired) electrons. The normalized spacial score (nSPS) is 21.6. The van der Waals surface area contributed by atoms with E-state index < -0.39 is 0 Å². The maximum Gasteiger partial charge on any atom is 0.325 e. The summed E-state index contributed by atoms with van der Waals surface area (Å²) in [6.07, 6.45) is 14.7. The first kappa shape index (κ1) is 18.4. The minimum Gasteiger partial charge on any atom is -0.343 e. The molecule has 2 aliphatic carbocycles. The van der Waals surface area contributed by atoms with Crippen molar-refractivity contribution in [1.29, 1.82) is 0 Å². The number of aromatic nitrogens is 4. The molecule has 154 valence electrons. The van der Waals surface area contributed by atoms with Gasteiger partial charge in [0.15, 0.2) is 0 Å². The molecule has 1 N–H and O–H groups in total. The van der Waals surface area contributed by atoms with Crippen LogP contribution in [0.3, 0.4) is 0 Å². The van der Waals surface area contributed by atoms with Crippen LogP contribution in [0.2, 0.25) is 0 Å². The number of imidazole rings is 1. The number of hydrogen-bond donors (Lipinski definition) is 1. The molecule has 0 atom stereocenters. The van der Waals surface area contributed by atoms with Crippen LogP contribution in [-0.4, -0.2) is 50.6 Å². The zero-order chi connectivity index (χ0) is 19.8. The van der Waals surface area contributed by atoms with Crippen molar-refractivity contribution >= 4 is 17.8 Å². The molecular formula is C21H29N7O. The maximum atomic E-state index is 12.3. The molecule has 0 bridgehead atoms. The quantitative estimate of drug-likeness (QED) is 0.812. The summed E-state index contributed by atoms with van der Waals surface area (Å²) in [5.74, 6) is 1.99. The van der Waals surface area contributed by atoms with Crippen molar-refractivity contribution in [3.8, 4) is 0 Å². The second-order valence-electron chi connectivity index (χ2n) is 8.76. The van der Waals surface area contributed by atoms with Gasteiger partial charge in [0.2, 0.25) is 5.95 Å². The van der Waals surface area contributed by atoms with Crippen molar-refractivity contribution in [3.63, 3.8) is 0 Å². The third-order valence-electron chi connectivity index (χ3n) is 6.55. The van der Waals surface area contributed by atoms with Crippen LogP contribution in [0, 0.1) is 5.92 Å². The Hall–Kier alpha value is -2.64. The molecule has 8 nitrogen and oxygen atoms in total. The van der Waals surface area contributed by atoms with Gasteiger partial charge in [-0.2, -0.15) is 4.98 Å². The molecule has 3 aliphatic rings. The number of urea groups is 1. The highest BCUT2D eigenvalue weighted by molar-refractivity contribution is 5.93. The number of rotatable bonds is 6. The summed E-state index contributed by atoms with van der Waals surface area (Å²) >= 11 is 0. The third kappa shape index (κ3) is 3.68. The number of carbonyl (C=O) groups is 1. The summed E-state index contributed by atoms with van der Waals surface area (Å²) in [5, 5.41) is 3.50. The van der Waals surface area contributed by atoms with Gasteiger partial charge in [-0.1, -0.05) is 19.3 Å². The van der Waals surface area contributed by atoms with Crippen LogP contribution in [0.25, 0.3) is 0 Å². The number of anilines is 2. The van der Waals surface area contributed by atoms with Gasteiger partial charge in [0.1, 0.15) is 5.82 Å². The van der Waals surface area contributed by atoms with Crippen LogP contribution in [0.1, 0.15) is 50.6 Å². The molecule has 1 aliphatic heterocycles. The predicted molar refractivity (Wildman–Crippen MR) is 111 cm³/mol. The molecular weight excluding hydrogens is 366 g/mol. The molecule has 2 aromatic heterocycles. The fraction of sp³-hybridized carbons (Fsp3) is 0.619. The monoisotopic (exact) mass is 395 g/mol. The van der Waals surface area contributed by atoms with Gasteiger partial charge in [0, 0.05) is 39.1 Å². The lowest BCUT2D eigenvalue weighted by Crippen LogP contribution is -2.30. The van der Waals surface area contributed by atoms with Crippen LogP contribution in [0.15, 0.2) is 24.8 Å². The first-order valence-corrected chi connectivity index (χ1v) is 10.8. The third-order valence-corrected chi connectivity index (χ3v) is 6.55. The number of hydrogen-bond acceptors (Lipinski definition) is 5. The number of carbonyl (C=O) groups excluding carboxylic acids is 1. The zero-order valence-corrected chi connectivity index (χ0v) is 17.0. The van der Waals surface area contributed by atoms with Crippen LogP contribution in [0.5, 0.6) is 0 Å². The van der Waals surface area contributed by atoms with Crippen LogP contribution in [0.4, 0.5) is 16.6 Å². The van der Waals surface area contributed by atoms with E-state index in [9.17, 15) is 4.79 Å². The van der Waals surface area contributed by atoms with Gasteiger partial charge in [-0.3, -0.25) is 4.90 Å². The average Bonchev–Trinajstić information content (AvgIpc) is 3.21. The van der Waals surface area contributed by atoms with Gasteiger partial charge in [0.25, 0.3) is 0 Å². The van der Waals surface area contributed by atoms with Crippen molar-refractivity contribution in [1.82, 2.24) is 24.4 Å². The van der Waals surface area contributed by atoms with E-state index in [-0.39, 0.29) is 11.6 Å². The van der Waals surface area contributed by atoms with E-state index in [1.54, 1.807) is 22.1 Å². The van der Waals surface area contributed by atoms with E-state index >= 15 is 0 Å². The molecule has 2 aromatic rings. The summed E-state index contributed by atoms with van der Waals surface area (Å²) < 4.78 is 2.25. The smallest absolute Gasteiger partial charge is 0.325 e. The van der Waals surface area contributed by atoms with Crippen molar-refractivity contribution in [3.05, 3.63) is 30.5 Å². The molecule has 0 spiro atoms. The topological polar surface area (TPSA) is 79.2 Å². The van der Waals surface area contributed by atoms with E-state index in [1.165, 1.54) is 32.1 Å². The van der Waals surface area contributed by atoms with Gasteiger partial charge in [0.05, 0.1) is 17.6 Å². The molecule has 8 heteroatoms. The second-order valence-corrected chi connectivity index (χ2v) is 8.76. The lowest BCUT2D eigenvalue weighted by Gasteiger charge is -2.21. The molecule has 2 saturated carbocycles. The highest BCUT2D eigenvalue weighted by Gasteiger charge is 2.47. The van der Waals surface area contributed by atoms with E-state index in [4.69, 9.17) is 4.98 Å². The summed E-state index contributed by atoms with van der Waals surface area (Å²) in [4.78, 5) is 29.4. The Balaban J connectivity index is 1.28. The highest BCUT2D eigenvalue weighted by atomic mass is 16.2. The van der Waals surface area contributed by atoms with Gasteiger partial charge in [-0.25, -0.2) is 14.8 Å². The molecule has 1 saturated heterocycles. The van der Waals surface area contributed by atoms with E-state index in [0.29, 0.717) is 24.9 Å². The molecule has 3 heterocycles. The van der Waals surface area contributed by atoms with Crippen LogP contribution >= 0.6 is 0 Å². The molecule has 0 aromatic carbocycles.